The van der Waals surface area contributed by atoms with Gasteiger partial charge < -0.3 is 10.1 Å². The van der Waals surface area contributed by atoms with Crippen LogP contribution in [0.5, 0.6) is 11.5 Å². The van der Waals surface area contributed by atoms with Crippen molar-refractivity contribution in [2.45, 2.75) is 19.5 Å². The zero-order chi connectivity index (χ0) is 23.8. The van der Waals surface area contributed by atoms with Crippen molar-refractivity contribution < 1.29 is 23.2 Å². The minimum absolute atomic E-state index is 0.228. The Labute approximate surface area is 193 Å². The number of anilines is 1. The number of sulfonamides is 1. The zero-order valence-electron chi connectivity index (χ0n) is 18.3. The predicted molar refractivity (Wildman–Crippen MR) is 125 cm³/mol. The second-order valence-corrected chi connectivity index (χ2v) is 9.37. The SMILES string of the molecule is Cc1ccc(Oc2ccc(N(C[C@H](NCc3ccncc3)C(=O)NO)S(C)(=O)=O)cc2)cc1. The number of nitrogens with one attached hydrogen (secondary N) is 2. The van der Waals surface area contributed by atoms with Crippen LogP contribution in [0.1, 0.15) is 11.1 Å². The fourth-order valence-corrected chi connectivity index (χ4v) is 4.01. The lowest BCUT2D eigenvalue weighted by atomic mass is 10.2. The van der Waals surface area contributed by atoms with Gasteiger partial charge in [-0.2, -0.15) is 0 Å². The number of amides is 1. The monoisotopic (exact) mass is 470 g/mol. The Morgan fingerprint density at radius 1 is 1.03 bits per heavy atom. The Bertz CT molecular complexity index is 1150. The molecule has 2 aromatic carbocycles. The predicted octanol–water partition coefficient (Wildman–Crippen LogP) is 2.61. The van der Waals surface area contributed by atoms with Gasteiger partial charge in [0.05, 0.1) is 18.5 Å². The van der Waals surface area contributed by atoms with Gasteiger partial charge in [0.15, 0.2) is 0 Å². The number of hydrogen-bond donors (Lipinski definition) is 3. The number of ether oxygens (including phenoxy) is 1. The van der Waals surface area contributed by atoms with Crippen molar-refractivity contribution in [3.8, 4) is 11.5 Å². The molecule has 3 N–H and O–H groups in total. The van der Waals surface area contributed by atoms with E-state index in [1.807, 2.05) is 31.2 Å². The number of aryl methyl sites for hydroxylation is 1. The molecule has 174 valence electrons. The van der Waals surface area contributed by atoms with Crippen molar-refractivity contribution in [2.24, 2.45) is 0 Å². The van der Waals surface area contributed by atoms with Gasteiger partial charge in [0.1, 0.15) is 17.5 Å². The minimum Gasteiger partial charge on any atom is -0.457 e. The molecule has 1 aromatic heterocycles. The lowest BCUT2D eigenvalue weighted by Crippen LogP contribution is -2.51. The molecule has 33 heavy (non-hydrogen) atoms. The Kier molecular flexibility index (Phi) is 7.99. The van der Waals surface area contributed by atoms with Gasteiger partial charge >= 0.3 is 0 Å². The lowest BCUT2D eigenvalue weighted by Gasteiger charge is -2.27. The highest BCUT2D eigenvalue weighted by atomic mass is 32.2. The molecule has 9 nitrogen and oxygen atoms in total. The van der Waals surface area contributed by atoms with Crippen molar-refractivity contribution >= 4 is 21.6 Å². The van der Waals surface area contributed by atoms with E-state index in [0.29, 0.717) is 17.2 Å². The minimum atomic E-state index is -3.73. The second kappa shape index (κ2) is 10.9. The maximum Gasteiger partial charge on any atom is 0.262 e. The van der Waals surface area contributed by atoms with Crippen LogP contribution >= 0.6 is 0 Å². The molecular weight excluding hydrogens is 444 g/mol. The van der Waals surface area contributed by atoms with E-state index >= 15 is 0 Å². The Morgan fingerprint density at radius 2 is 1.61 bits per heavy atom. The molecule has 0 unspecified atom stereocenters. The topological polar surface area (TPSA) is 121 Å². The average molecular weight is 471 g/mol. The van der Waals surface area contributed by atoms with E-state index in [4.69, 9.17) is 9.94 Å². The molecule has 3 rings (SSSR count). The molecule has 1 atom stereocenters. The highest BCUT2D eigenvalue weighted by molar-refractivity contribution is 7.92. The summed E-state index contributed by atoms with van der Waals surface area (Å²) in [6, 6.07) is 16.6. The number of hydrogen-bond acceptors (Lipinski definition) is 7. The van der Waals surface area contributed by atoms with Gasteiger partial charge in [-0.05, 0) is 61.0 Å². The summed E-state index contributed by atoms with van der Waals surface area (Å²) in [6.45, 7) is 2.03. The van der Waals surface area contributed by atoms with E-state index < -0.39 is 22.0 Å². The van der Waals surface area contributed by atoms with Crippen LogP contribution in [0.4, 0.5) is 5.69 Å². The third kappa shape index (κ3) is 7.01. The first kappa shape index (κ1) is 24.2. The second-order valence-electron chi connectivity index (χ2n) is 7.47. The smallest absolute Gasteiger partial charge is 0.262 e. The maximum absolute atomic E-state index is 12.5. The number of carbonyl (C=O) groups is 1. The van der Waals surface area contributed by atoms with Crippen LogP contribution < -0.4 is 19.8 Å². The van der Waals surface area contributed by atoms with Gasteiger partial charge in [0.2, 0.25) is 10.0 Å². The van der Waals surface area contributed by atoms with E-state index in [2.05, 4.69) is 10.3 Å². The normalized spacial score (nSPS) is 12.1. The summed E-state index contributed by atoms with van der Waals surface area (Å²) in [5, 5.41) is 12.1. The van der Waals surface area contributed by atoms with E-state index in [9.17, 15) is 13.2 Å². The van der Waals surface area contributed by atoms with Crippen LogP contribution in [-0.2, 0) is 21.4 Å². The van der Waals surface area contributed by atoms with Gasteiger partial charge in [-0.3, -0.25) is 19.3 Å². The van der Waals surface area contributed by atoms with Gasteiger partial charge in [0, 0.05) is 18.9 Å². The fourth-order valence-electron chi connectivity index (χ4n) is 3.08. The molecule has 1 amide bonds. The largest absolute Gasteiger partial charge is 0.457 e. The van der Waals surface area contributed by atoms with E-state index in [-0.39, 0.29) is 13.1 Å². The summed E-state index contributed by atoms with van der Waals surface area (Å²) in [5.41, 5.74) is 3.91. The molecule has 0 aliphatic carbocycles. The zero-order valence-corrected chi connectivity index (χ0v) is 19.1. The van der Waals surface area contributed by atoms with Crippen LogP contribution in [0.2, 0.25) is 0 Å². The molecule has 0 saturated carbocycles. The average Bonchev–Trinajstić information content (AvgIpc) is 2.81. The van der Waals surface area contributed by atoms with Crippen LogP contribution in [-0.4, -0.2) is 43.4 Å². The highest BCUT2D eigenvalue weighted by Crippen LogP contribution is 2.26. The van der Waals surface area contributed by atoms with Gasteiger partial charge in [0.25, 0.3) is 5.91 Å². The molecule has 0 fully saturated rings. The third-order valence-corrected chi connectivity index (χ3v) is 6.02. The van der Waals surface area contributed by atoms with Crippen molar-refractivity contribution in [1.82, 2.24) is 15.8 Å². The van der Waals surface area contributed by atoms with Crippen LogP contribution in [0, 0.1) is 6.92 Å². The number of carbonyl (C=O) groups excluding carboxylic acids is 1. The van der Waals surface area contributed by atoms with E-state index in [1.54, 1.807) is 54.3 Å². The quantitative estimate of drug-likeness (QED) is 0.308. The van der Waals surface area contributed by atoms with Crippen LogP contribution in [0.25, 0.3) is 0 Å². The molecule has 10 heteroatoms. The Morgan fingerprint density at radius 3 is 2.15 bits per heavy atom. The molecule has 0 radical (unpaired) electrons. The first-order valence-corrected chi connectivity index (χ1v) is 12.0. The number of aromatic nitrogens is 1. The molecule has 0 spiro atoms. The molecule has 3 aromatic rings. The highest BCUT2D eigenvalue weighted by Gasteiger charge is 2.26. The van der Waals surface area contributed by atoms with Crippen LogP contribution in [0.15, 0.2) is 73.1 Å². The molecular formula is C23H26N4O5S. The summed E-state index contributed by atoms with van der Waals surface area (Å²) in [6.07, 6.45) is 4.28. The maximum atomic E-state index is 12.5. The standard InChI is InChI=1S/C23H26N4O5S/c1-17-3-7-20(8-4-17)32-21-9-5-19(6-10-21)27(33(2,30)31)16-22(23(28)26-29)25-15-18-11-13-24-14-12-18/h3-14,22,25,29H,15-16H2,1-2H3,(H,26,28)/t22-/m0/s1. The van der Waals surface area contributed by atoms with Gasteiger partial charge in [-0.25, -0.2) is 13.9 Å². The van der Waals surface area contributed by atoms with E-state index in [1.165, 1.54) is 0 Å². The van der Waals surface area contributed by atoms with Crippen LogP contribution in [0.3, 0.4) is 0 Å². The first-order chi connectivity index (χ1) is 15.8. The number of benzene rings is 2. The fraction of sp³-hybridized carbons (Fsp3) is 0.217. The lowest BCUT2D eigenvalue weighted by molar-refractivity contribution is -0.131. The Balaban J connectivity index is 1.77. The summed E-state index contributed by atoms with van der Waals surface area (Å²) in [4.78, 5) is 16.2. The van der Waals surface area contributed by atoms with Crippen molar-refractivity contribution in [2.75, 3.05) is 17.1 Å². The number of rotatable bonds is 10. The van der Waals surface area contributed by atoms with Crippen molar-refractivity contribution in [3.05, 3.63) is 84.2 Å². The third-order valence-electron chi connectivity index (χ3n) is 4.86. The van der Waals surface area contributed by atoms with Gasteiger partial charge in [-0.15, -0.1) is 0 Å². The number of pyridine rings is 1. The van der Waals surface area contributed by atoms with E-state index in [0.717, 1.165) is 21.7 Å². The number of nitrogens with zero attached hydrogens (tertiary/aromatic N) is 2. The molecule has 0 saturated heterocycles. The van der Waals surface area contributed by atoms with Crippen molar-refractivity contribution in [1.29, 1.82) is 0 Å². The molecule has 0 bridgehead atoms. The summed E-state index contributed by atoms with van der Waals surface area (Å²) >= 11 is 0. The molecule has 0 aliphatic rings. The Hall–Kier alpha value is -3.47. The summed E-state index contributed by atoms with van der Waals surface area (Å²) < 4.78 is 31.9. The van der Waals surface area contributed by atoms with Gasteiger partial charge in [-0.1, -0.05) is 17.7 Å². The number of hydroxylamine groups is 1. The molecule has 1 heterocycles. The summed E-state index contributed by atoms with van der Waals surface area (Å²) in [5.74, 6) is 0.446. The van der Waals surface area contributed by atoms with Crippen molar-refractivity contribution in [3.63, 3.8) is 0 Å². The first-order valence-electron chi connectivity index (χ1n) is 10.1. The molecule has 0 aliphatic heterocycles. The summed E-state index contributed by atoms with van der Waals surface area (Å²) in [7, 11) is -3.73.